The lowest BCUT2D eigenvalue weighted by atomic mass is 10.1. The first-order valence-electron chi connectivity index (χ1n) is 9.27. The topological polar surface area (TPSA) is 51.1 Å². The van der Waals surface area contributed by atoms with Crippen LogP contribution in [0.2, 0.25) is 25.2 Å². The van der Waals surface area contributed by atoms with E-state index in [4.69, 9.17) is 58.0 Å². The zero-order chi connectivity index (χ0) is 23.0. The van der Waals surface area contributed by atoms with E-state index in [1.165, 1.54) is 6.07 Å². The van der Waals surface area contributed by atoms with Gasteiger partial charge in [-0.25, -0.2) is 0 Å². The average Bonchev–Trinajstić information content (AvgIpc) is 3.00. The zero-order valence-electron chi connectivity index (χ0n) is 16.1. The number of carbonyl (C=O) groups excluding carboxylic acids is 2. The number of Topliss-reactive ketones (excluding diaryl/α,β-unsaturated/α-hetero) is 1. The van der Waals surface area contributed by atoms with Crippen LogP contribution < -0.4 is 5.32 Å². The van der Waals surface area contributed by atoms with Crippen LogP contribution in [0.15, 0.2) is 60.7 Å². The van der Waals surface area contributed by atoms with Crippen molar-refractivity contribution in [2.45, 2.75) is 6.54 Å². The summed E-state index contributed by atoms with van der Waals surface area (Å²) in [6.45, 7) is 0.260. The maximum atomic E-state index is 13.1. The number of rotatable bonds is 5. The van der Waals surface area contributed by atoms with Gasteiger partial charge >= 0.3 is 0 Å². The third-order valence-corrected chi connectivity index (χ3v) is 6.27. The van der Waals surface area contributed by atoms with E-state index in [1.54, 1.807) is 59.2 Å². The monoisotopic (exact) mass is 524 g/mol. The van der Waals surface area contributed by atoms with Crippen molar-refractivity contribution in [3.63, 3.8) is 0 Å². The van der Waals surface area contributed by atoms with Crippen molar-refractivity contribution in [1.82, 2.24) is 4.57 Å². The van der Waals surface area contributed by atoms with Gasteiger partial charge in [0.1, 0.15) is 5.15 Å². The first-order chi connectivity index (χ1) is 15.2. The summed E-state index contributed by atoms with van der Waals surface area (Å²) in [4.78, 5) is 25.9. The number of aromatic nitrogens is 1. The Labute approximate surface area is 208 Å². The van der Waals surface area contributed by atoms with Crippen LogP contribution in [0.3, 0.4) is 0 Å². The summed E-state index contributed by atoms with van der Waals surface area (Å²) < 4.78 is 1.70. The van der Waals surface area contributed by atoms with E-state index in [2.05, 4.69) is 5.32 Å². The fourth-order valence-corrected chi connectivity index (χ4v) is 4.52. The molecule has 0 radical (unpaired) electrons. The van der Waals surface area contributed by atoms with Crippen LogP contribution in [-0.2, 0) is 11.3 Å². The second-order valence-corrected chi connectivity index (χ2v) is 9.02. The summed E-state index contributed by atoms with van der Waals surface area (Å²) in [6.07, 6.45) is 0. The van der Waals surface area contributed by atoms with E-state index < -0.39 is 11.7 Å². The molecule has 0 aliphatic rings. The molecule has 9 heteroatoms. The van der Waals surface area contributed by atoms with Crippen molar-refractivity contribution in [3.8, 4) is 0 Å². The van der Waals surface area contributed by atoms with Crippen LogP contribution in [0.5, 0.6) is 0 Å². The normalized spacial score (nSPS) is 11.0. The number of benzene rings is 3. The Hall–Kier alpha value is -2.21. The van der Waals surface area contributed by atoms with Crippen molar-refractivity contribution in [2.75, 3.05) is 5.32 Å². The van der Waals surface area contributed by atoms with Crippen molar-refractivity contribution < 1.29 is 9.59 Å². The fraction of sp³-hybridized carbons (Fsp3) is 0.0435. The molecule has 0 spiro atoms. The standard InChI is InChI=1S/C23H13Cl5N2O2/c24-13-2-1-3-16(8-13)29-23(32)21(31)20-17-9-14(25)6-7-19(17)30(22(20)28)11-12-4-5-15(26)10-18(12)27/h1-10H,11H2,(H,29,32). The predicted octanol–water partition coefficient (Wildman–Crippen LogP) is 7.78. The molecule has 4 aromatic rings. The van der Waals surface area contributed by atoms with E-state index in [1.807, 2.05) is 0 Å². The molecule has 32 heavy (non-hydrogen) atoms. The third kappa shape index (κ3) is 4.61. The maximum absolute atomic E-state index is 13.1. The quantitative estimate of drug-likeness (QED) is 0.213. The molecule has 0 saturated heterocycles. The average molecular weight is 527 g/mol. The largest absolute Gasteiger partial charge is 0.326 e. The minimum absolute atomic E-state index is 0.0498. The first-order valence-corrected chi connectivity index (χ1v) is 11.2. The van der Waals surface area contributed by atoms with E-state index in [0.717, 1.165) is 5.56 Å². The van der Waals surface area contributed by atoms with Gasteiger partial charge in [0.05, 0.1) is 17.6 Å². The lowest BCUT2D eigenvalue weighted by Gasteiger charge is -2.10. The van der Waals surface area contributed by atoms with Crippen LogP contribution in [0, 0.1) is 0 Å². The smallest absolute Gasteiger partial charge is 0.296 e. The molecular formula is C23H13Cl5N2O2. The Balaban J connectivity index is 1.77. The number of hydrogen-bond acceptors (Lipinski definition) is 2. The van der Waals surface area contributed by atoms with Gasteiger partial charge in [-0.15, -0.1) is 0 Å². The van der Waals surface area contributed by atoms with Crippen molar-refractivity contribution in [3.05, 3.63) is 97.0 Å². The van der Waals surface area contributed by atoms with Gasteiger partial charge in [0.25, 0.3) is 11.7 Å². The van der Waals surface area contributed by atoms with E-state index >= 15 is 0 Å². The number of fused-ring (bicyclic) bond motifs is 1. The van der Waals surface area contributed by atoms with E-state index in [9.17, 15) is 9.59 Å². The number of amides is 1. The number of anilines is 1. The Kier molecular flexibility index (Phi) is 6.70. The van der Waals surface area contributed by atoms with Crippen LogP contribution >= 0.6 is 58.0 Å². The molecule has 0 bridgehead atoms. The van der Waals surface area contributed by atoms with Gasteiger partial charge in [-0.05, 0) is 54.1 Å². The fourth-order valence-electron chi connectivity index (χ4n) is 3.35. The molecule has 0 unspecified atom stereocenters. The highest BCUT2D eigenvalue weighted by atomic mass is 35.5. The molecule has 162 valence electrons. The van der Waals surface area contributed by atoms with Crippen molar-refractivity contribution in [2.24, 2.45) is 0 Å². The van der Waals surface area contributed by atoms with Crippen LogP contribution in [-0.4, -0.2) is 16.3 Å². The minimum Gasteiger partial charge on any atom is -0.326 e. The molecule has 4 rings (SSSR count). The molecule has 4 nitrogen and oxygen atoms in total. The second-order valence-electron chi connectivity index (χ2n) is 6.94. The van der Waals surface area contributed by atoms with Gasteiger partial charge < -0.3 is 9.88 Å². The molecular weight excluding hydrogens is 514 g/mol. The zero-order valence-corrected chi connectivity index (χ0v) is 19.9. The number of halogens is 5. The Morgan fingerprint density at radius 2 is 1.50 bits per heavy atom. The molecule has 0 aliphatic carbocycles. The summed E-state index contributed by atoms with van der Waals surface area (Å²) in [5, 5.41) is 4.89. The van der Waals surface area contributed by atoms with Crippen LogP contribution in [0.4, 0.5) is 5.69 Å². The summed E-state index contributed by atoms with van der Waals surface area (Å²) in [5.74, 6) is -1.65. The van der Waals surface area contributed by atoms with Gasteiger partial charge in [0, 0.05) is 31.2 Å². The minimum atomic E-state index is -0.849. The molecule has 1 heterocycles. The summed E-state index contributed by atoms with van der Waals surface area (Å²) in [5.41, 5.74) is 1.81. The van der Waals surface area contributed by atoms with Crippen LogP contribution in [0.1, 0.15) is 15.9 Å². The number of nitrogens with one attached hydrogen (secondary N) is 1. The molecule has 0 fully saturated rings. The lowest BCUT2D eigenvalue weighted by molar-refractivity contribution is -0.112. The van der Waals surface area contributed by atoms with Gasteiger partial charge in [-0.2, -0.15) is 0 Å². The number of nitrogens with zero attached hydrogens (tertiary/aromatic N) is 1. The highest BCUT2D eigenvalue weighted by molar-refractivity contribution is 6.52. The first kappa shape index (κ1) is 23.0. The number of carbonyl (C=O) groups is 2. The summed E-state index contributed by atoms with van der Waals surface area (Å²) >= 11 is 31.1. The van der Waals surface area contributed by atoms with Crippen LogP contribution in [0.25, 0.3) is 10.9 Å². The lowest BCUT2D eigenvalue weighted by Crippen LogP contribution is -2.23. The molecule has 0 aliphatic heterocycles. The molecule has 0 saturated carbocycles. The van der Waals surface area contributed by atoms with Gasteiger partial charge in [0.15, 0.2) is 0 Å². The highest BCUT2D eigenvalue weighted by Crippen LogP contribution is 2.34. The van der Waals surface area contributed by atoms with Crippen molar-refractivity contribution >= 4 is 86.3 Å². The van der Waals surface area contributed by atoms with E-state index in [-0.39, 0.29) is 17.3 Å². The maximum Gasteiger partial charge on any atom is 0.296 e. The SMILES string of the molecule is O=C(Nc1cccc(Cl)c1)C(=O)c1c(Cl)n(Cc2ccc(Cl)cc2Cl)c2ccc(Cl)cc12. The highest BCUT2D eigenvalue weighted by Gasteiger charge is 2.27. The third-order valence-electron chi connectivity index (χ3n) is 4.82. The molecule has 1 aromatic heterocycles. The predicted molar refractivity (Wildman–Crippen MR) is 132 cm³/mol. The molecule has 1 N–H and O–H groups in total. The van der Waals surface area contributed by atoms with Crippen molar-refractivity contribution in [1.29, 1.82) is 0 Å². The molecule has 0 atom stereocenters. The number of hydrogen-bond donors (Lipinski definition) is 1. The summed E-state index contributed by atoms with van der Waals surface area (Å²) in [7, 11) is 0. The van der Waals surface area contributed by atoms with Gasteiger partial charge in [0.2, 0.25) is 0 Å². The second kappa shape index (κ2) is 9.34. The van der Waals surface area contributed by atoms with Gasteiger partial charge in [-0.3, -0.25) is 9.59 Å². The Bertz CT molecular complexity index is 1380. The summed E-state index contributed by atoms with van der Waals surface area (Å²) in [6, 6.07) is 16.6. The van der Waals surface area contributed by atoms with E-state index in [0.29, 0.717) is 36.7 Å². The molecule has 1 amide bonds. The molecule has 3 aromatic carbocycles. The Morgan fingerprint density at radius 3 is 2.22 bits per heavy atom. The van der Waals surface area contributed by atoms with Gasteiger partial charge in [-0.1, -0.05) is 70.1 Å². The Morgan fingerprint density at radius 1 is 0.812 bits per heavy atom. The number of ketones is 1.